The van der Waals surface area contributed by atoms with Gasteiger partial charge >= 0.3 is 6.09 Å². The Bertz CT molecular complexity index is 300. The zero-order chi connectivity index (χ0) is 14.5. The van der Waals surface area contributed by atoms with Crippen molar-refractivity contribution in [2.75, 3.05) is 6.54 Å². The number of hydrogen-bond donors (Lipinski definition) is 1. The predicted octanol–water partition coefficient (Wildman–Crippen LogP) is 2.20. The number of ether oxygens (including phenoxy) is 1. The van der Waals surface area contributed by atoms with E-state index in [1.807, 2.05) is 13.8 Å². The number of hydrogen-bond acceptors (Lipinski definition) is 5. The molecule has 5 nitrogen and oxygen atoms in total. The van der Waals surface area contributed by atoms with Gasteiger partial charge in [0.2, 0.25) is 0 Å². The van der Waals surface area contributed by atoms with Crippen molar-refractivity contribution in [2.45, 2.75) is 58.4 Å². The third-order valence-electron chi connectivity index (χ3n) is 1.82. The third kappa shape index (κ3) is 7.55. The fraction of sp³-hybridized carbons (Fsp3) is 0.833. The van der Waals surface area contributed by atoms with Crippen LogP contribution >= 0.6 is 11.9 Å². The van der Waals surface area contributed by atoms with Crippen LogP contribution in [0.5, 0.6) is 0 Å². The van der Waals surface area contributed by atoms with Crippen LogP contribution in [0.3, 0.4) is 0 Å². The Morgan fingerprint density at radius 1 is 1.33 bits per heavy atom. The zero-order valence-corrected chi connectivity index (χ0v) is 12.8. The molecule has 0 radical (unpaired) electrons. The Balaban J connectivity index is 4.67. The van der Waals surface area contributed by atoms with Crippen molar-refractivity contribution >= 4 is 23.8 Å². The van der Waals surface area contributed by atoms with E-state index >= 15 is 0 Å². The molecule has 0 aliphatic rings. The van der Waals surface area contributed by atoms with Gasteiger partial charge in [-0.25, -0.2) is 9.10 Å². The van der Waals surface area contributed by atoms with Gasteiger partial charge in [0.1, 0.15) is 11.4 Å². The normalized spacial score (nSPS) is 13.3. The Labute approximate surface area is 114 Å². The van der Waals surface area contributed by atoms with Gasteiger partial charge in [-0.05, 0) is 39.6 Å². The molecule has 1 atom stereocenters. The second-order valence-electron chi connectivity index (χ2n) is 5.41. The van der Waals surface area contributed by atoms with Gasteiger partial charge < -0.3 is 10.5 Å². The second-order valence-corrected chi connectivity index (χ2v) is 7.01. The van der Waals surface area contributed by atoms with Crippen molar-refractivity contribution in [3.63, 3.8) is 0 Å². The van der Waals surface area contributed by atoms with Gasteiger partial charge in [-0.2, -0.15) is 0 Å². The quantitative estimate of drug-likeness (QED) is 0.779. The molecular weight excluding hydrogens is 252 g/mol. The molecular formula is C12H24N2O3S. The number of Topliss-reactive ketones (excluding diaryl/α,β-unsaturated/α-hetero) is 1. The van der Waals surface area contributed by atoms with Crippen molar-refractivity contribution in [3.05, 3.63) is 0 Å². The number of carbonyl (C=O) groups excluding carboxylic acids is 2. The van der Waals surface area contributed by atoms with Crippen LogP contribution < -0.4 is 5.73 Å². The number of carbonyl (C=O) groups is 2. The largest absolute Gasteiger partial charge is 0.443 e. The average Bonchev–Trinajstić information content (AvgIpc) is 2.12. The lowest BCUT2D eigenvalue weighted by Gasteiger charge is -2.28. The molecule has 0 aliphatic carbocycles. The fourth-order valence-electron chi connectivity index (χ4n) is 1.04. The summed E-state index contributed by atoms with van der Waals surface area (Å²) < 4.78 is 6.70. The van der Waals surface area contributed by atoms with E-state index in [1.54, 1.807) is 20.8 Å². The van der Waals surface area contributed by atoms with E-state index in [2.05, 4.69) is 0 Å². The van der Waals surface area contributed by atoms with Gasteiger partial charge in [-0.3, -0.25) is 4.79 Å². The minimum Gasteiger partial charge on any atom is -0.443 e. The molecule has 106 valence electrons. The van der Waals surface area contributed by atoms with Crippen LogP contribution in [0, 0.1) is 0 Å². The molecule has 0 aliphatic heterocycles. The van der Waals surface area contributed by atoms with Crippen molar-refractivity contribution in [2.24, 2.45) is 5.73 Å². The Morgan fingerprint density at radius 2 is 1.83 bits per heavy atom. The first-order chi connectivity index (χ1) is 8.03. The van der Waals surface area contributed by atoms with Gasteiger partial charge in [0.05, 0.1) is 12.6 Å². The summed E-state index contributed by atoms with van der Waals surface area (Å²) in [4.78, 5) is 23.1. The maximum absolute atomic E-state index is 12.0. The molecule has 0 unspecified atom stereocenters. The van der Waals surface area contributed by atoms with Gasteiger partial charge in [0.15, 0.2) is 0 Å². The molecule has 0 aromatic carbocycles. The minimum absolute atomic E-state index is 0.145. The molecule has 0 fully saturated rings. The number of nitrogens with two attached hydrogens (primary N) is 1. The summed E-state index contributed by atoms with van der Waals surface area (Å²) in [5.41, 5.74) is 5.12. The molecule has 1 amide bonds. The van der Waals surface area contributed by atoms with Crippen LogP contribution in [0.25, 0.3) is 0 Å². The topological polar surface area (TPSA) is 72.6 Å². The van der Waals surface area contributed by atoms with E-state index in [9.17, 15) is 9.59 Å². The number of rotatable bonds is 5. The minimum atomic E-state index is -0.677. The van der Waals surface area contributed by atoms with Crippen molar-refractivity contribution in [1.29, 1.82) is 0 Å². The zero-order valence-electron chi connectivity index (χ0n) is 12.0. The van der Waals surface area contributed by atoms with E-state index in [0.29, 0.717) is 0 Å². The number of amides is 1. The highest BCUT2D eigenvalue weighted by molar-refractivity contribution is 7.98. The Morgan fingerprint density at radius 3 is 2.17 bits per heavy atom. The molecule has 18 heavy (non-hydrogen) atoms. The van der Waals surface area contributed by atoms with Crippen LogP contribution in [0.15, 0.2) is 0 Å². The summed E-state index contributed by atoms with van der Waals surface area (Å²) in [5.74, 6) is -0.145. The van der Waals surface area contributed by atoms with Gasteiger partial charge in [-0.1, -0.05) is 13.8 Å². The molecule has 0 aromatic rings. The van der Waals surface area contributed by atoms with E-state index in [1.165, 1.54) is 23.2 Å². The molecule has 0 rings (SSSR count). The van der Waals surface area contributed by atoms with Crippen molar-refractivity contribution in [1.82, 2.24) is 4.31 Å². The lowest BCUT2D eigenvalue weighted by molar-refractivity contribution is -0.118. The molecule has 6 heteroatoms. The second kappa shape index (κ2) is 6.99. The van der Waals surface area contributed by atoms with Gasteiger partial charge in [-0.15, -0.1) is 0 Å². The van der Waals surface area contributed by atoms with E-state index < -0.39 is 17.7 Å². The molecule has 0 bridgehead atoms. The average molecular weight is 276 g/mol. The van der Waals surface area contributed by atoms with Crippen LogP contribution in [0.4, 0.5) is 4.79 Å². The lowest BCUT2D eigenvalue weighted by atomic mass is 10.2. The van der Waals surface area contributed by atoms with Gasteiger partial charge in [0.25, 0.3) is 0 Å². The first kappa shape index (κ1) is 17.2. The molecule has 0 aromatic heterocycles. The van der Waals surface area contributed by atoms with E-state index in [4.69, 9.17) is 10.5 Å². The van der Waals surface area contributed by atoms with Crippen LogP contribution in [0.2, 0.25) is 0 Å². The Hall–Kier alpha value is -0.750. The highest BCUT2D eigenvalue weighted by atomic mass is 32.2. The predicted molar refractivity (Wildman–Crippen MR) is 74.3 cm³/mol. The van der Waals surface area contributed by atoms with Crippen LogP contribution in [-0.2, 0) is 9.53 Å². The van der Waals surface area contributed by atoms with Crippen LogP contribution in [0.1, 0.15) is 41.5 Å². The van der Waals surface area contributed by atoms with Crippen molar-refractivity contribution in [3.8, 4) is 0 Å². The highest BCUT2D eigenvalue weighted by Gasteiger charge is 2.26. The lowest BCUT2D eigenvalue weighted by Crippen LogP contribution is -2.43. The fourth-order valence-corrected chi connectivity index (χ4v) is 1.91. The van der Waals surface area contributed by atoms with E-state index in [-0.39, 0.29) is 17.6 Å². The van der Waals surface area contributed by atoms with Gasteiger partial charge in [0, 0.05) is 5.25 Å². The summed E-state index contributed by atoms with van der Waals surface area (Å²) in [6.45, 7) is 10.9. The third-order valence-corrected chi connectivity index (χ3v) is 2.79. The summed E-state index contributed by atoms with van der Waals surface area (Å²) in [6, 6.07) is -0.677. The Kier molecular flexibility index (Phi) is 6.70. The summed E-state index contributed by atoms with van der Waals surface area (Å²) in [7, 11) is 0. The molecule has 0 saturated carbocycles. The SMILES string of the molecule is CC(=O)[C@@H](N)CN(SC(C)C)C(=O)OC(C)(C)C. The first-order valence-electron chi connectivity index (χ1n) is 5.96. The molecule has 2 N–H and O–H groups in total. The number of ketones is 1. The maximum atomic E-state index is 12.0. The highest BCUT2D eigenvalue weighted by Crippen LogP contribution is 2.20. The summed E-state index contributed by atoms with van der Waals surface area (Å²) >= 11 is 1.32. The molecule has 0 heterocycles. The van der Waals surface area contributed by atoms with Crippen molar-refractivity contribution < 1.29 is 14.3 Å². The monoisotopic (exact) mass is 276 g/mol. The maximum Gasteiger partial charge on any atom is 0.420 e. The number of nitrogens with zero attached hydrogens (tertiary/aromatic N) is 1. The van der Waals surface area contributed by atoms with E-state index in [0.717, 1.165) is 0 Å². The summed E-state index contributed by atoms with van der Waals surface area (Å²) in [5, 5.41) is 0.205. The first-order valence-corrected chi connectivity index (χ1v) is 6.80. The molecule has 0 spiro atoms. The van der Waals surface area contributed by atoms with Crippen LogP contribution in [-0.4, -0.2) is 39.6 Å². The smallest absolute Gasteiger partial charge is 0.420 e. The summed E-state index contributed by atoms with van der Waals surface area (Å²) in [6.07, 6.45) is -0.460. The standard InChI is InChI=1S/C12H24N2O3S/c1-8(2)18-14(7-10(13)9(3)15)11(16)17-12(4,5)6/h8,10H,7,13H2,1-6H3/t10-/m0/s1. The molecule has 0 saturated heterocycles.